The van der Waals surface area contributed by atoms with Crippen LogP contribution < -0.4 is 4.74 Å². The maximum absolute atomic E-state index is 12.2. The average Bonchev–Trinajstić information content (AvgIpc) is 2.08. The molecule has 9 heteroatoms. The summed E-state index contributed by atoms with van der Waals surface area (Å²) in [7, 11) is 0. The molecular weight excluding hydrogens is 322 g/mol. The van der Waals surface area contributed by atoms with Crippen LogP contribution in [0.4, 0.5) is 26.3 Å². The Labute approximate surface area is 98.9 Å². The van der Waals surface area contributed by atoms with Crippen molar-refractivity contribution in [1.82, 2.24) is 0 Å². The van der Waals surface area contributed by atoms with Crippen LogP contribution in [0.1, 0.15) is 5.56 Å². The van der Waals surface area contributed by atoms with E-state index in [1.54, 1.807) is 0 Å². The summed E-state index contributed by atoms with van der Waals surface area (Å²) in [4.78, 5) is 0. The van der Waals surface area contributed by atoms with E-state index >= 15 is 0 Å². The number of alkyl halides is 6. The number of hydrogen-bond acceptors (Lipinski definition) is 2. The first-order valence-electron chi connectivity index (χ1n) is 3.86. The molecule has 0 saturated carbocycles. The number of phenols is 1. The zero-order valence-electron chi connectivity index (χ0n) is 7.66. The molecule has 0 heterocycles. The zero-order chi connectivity index (χ0) is 13.4. The van der Waals surface area contributed by atoms with Crippen LogP contribution in [0.3, 0.4) is 0 Å². The molecule has 0 atom stereocenters. The number of phenolic OH excluding ortho intramolecular Hbond substituents is 1. The first-order valence-corrected chi connectivity index (χ1v) is 4.65. The van der Waals surface area contributed by atoms with Gasteiger partial charge in [-0.05, 0) is 28.1 Å². The largest absolute Gasteiger partial charge is 0.573 e. The normalized spacial score (nSPS) is 12.6. The number of rotatable bonds is 1. The van der Waals surface area contributed by atoms with Gasteiger partial charge in [0.05, 0.1) is 5.56 Å². The summed E-state index contributed by atoms with van der Waals surface area (Å²) >= 11 is 2.49. The quantitative estimate of drug-likeness (QED) is 0.789. The lowest BCUT2D eigenvalue weighted by atomic mass is 10.2. The van der Waals surface area contributed by atoms with Gasteiger partial charge >= 0.3 is 12.5 Å². The number of hydrogen-bond donors (Lipinski definition) is 1. The van der Waals surface area contributed by atoms with E-state index in [9.17, 15) is 26.3 Å². The van der Waals surface area contributed by atoms with Gasteiger partial charge in [-0.1, -0.05) is 0 Å². The second-order valence-corrected chi connectivity index (χ2v) is 3.65. The minimum absolute atomic E-state index is 0.136. The minimum atomic E-state index is -5.15. The van der Waals surface area contributed by atoms with Gasteiger partial charge < -0.3 is 9.84 Å². The van der Waals surface area contributed by atoms with E-state index in [1.807, 2.05) is 0 Å². The molecule has 0 bridgehead atoms. The molecule has 96 valence electrons. The van der Waals surface area contributed by atoms with Crippen molar-refractivity contribution in [2.24, 2.45) is 0 Å². The molecule has 0 aliphatic carbocycles. The Morgan fingerprint density at radius 2 is 1.59 bits per heavy atom. The summed E-state index contributed by atoms with van der Waals surface area (Å²) in [5, 5.41) is 9.05. The molecule has 0 unspecified atom stereocenters. The predicted molar refractivity (Wildman–Crippen MR) is 47.5 cm³/mol. The molecular formula is C8H3BrF6O2. The highest BCUT2D eigenvalue weighted by atomic mass is 79.9. The Hall–Kier alpha value is -1.12. The van der Waals surface area contributed by atoms with Crippen molar-refractivity contribution in [3.8, 4) is 11.5 Å². The lowest BCUT2D eigenvalue weighted by Gasteiger charge is -2.14. The molecule has 0 fully saturated rings. The van der Waals surface area contributed by atoms with Crippen LogP contribution in [0.15, 0.2) is 16.6 Å². The van der Waals surface area contributed by atoms with Crippen LogP contribution >= 0.6 is 15.9 Å². The third-order valence-electron chi connectivity index (χ3n) is 1.57. The van der Waals surface area contributed by atoms with Crippen LogP contribution in [0.5, 0.6) is 11.5 Å². The van der Waals surface area contributed by atoms with Gasteiger partial charge in [-0.2, -0.15) is 13.2 Å². The van der Waals surface area contributed by atoms with Gasteiger partial charge in [0.25, 0.3) is 0 Å². The third kappa shape index (κ3) is 3.69. The van der Waals surface area contributed by atoms with Gasteiger partial charge in [0.1, 0.15) is 16.0 Å². The number of ether oxygens (including phenoxy) is 1. The molecule has 0 aliphatic heterocycles. The topological polar surface area (TPSA) is 29.5 Å². The summed E-state index contributed by atoms with van der Waals surface area (Å²) in [5.74, 6) is -2.16. The second kappa shape index (κ2) is 4.28. The smallest absolute Gasteiger partial charge is 0.507 e. The number of benzene rings is 1. The highest BCUT2D eigenvalue weighted by Gasteiger charge is 2.36. The fourth-order valence-corrected chi connectivity index (χ4v) is 1.26. The van der Waals surface area contributed by atoms with E-state index in [0.717, 1.165) is 0 Å². The lowest BCUT2D eigenvalue weighted by molar-refractivity contribution is -0.275. The monoisotopic (exact) mass is 324 g/mol. The van der Waals surface area contributed by atoms with E-state index in [-0.39, 0.29) is 12.1 Å². The Morgan fingerprint density at radius 3 is 2.00 bits per heavy atom. The van der Waals surface area contributed by atoms with Crippen molar-refractivity contribution in [3.63, 3.8) is 0 Å². The fourth-order valence-electron chi connectivity index (χ4n) is 0.946. The van der Waals surface area contributed by atoms with Gasteiger partial charge in [-0.3, -0.25) is 0 Å². The van der Waals surface area contributed by atoms with Crippen LogP contribution in [0, 0.1) is 0 Å². The molecule has 1 aromatic rings. The molecule has 0 aromatic heterocycles. The standard InChI is InChI=1S/C8H3BrF6O2/c9-6-4(16)1-3(7(10,11)12)2-5(6)17-8(13,14)15/h1-2,16H. The van der Waals surface area contributed by atoms with Gasteiger partial charge in [-0.25, -0.2) is 0 Å². The number of aromatic hydroxyl groups is 1. The average molecular weight is 325 g/mol. The Bertz CT molecular complexity index is 425. The summed E-state index contributed by atoms with van der Waals surface area (Å²) in [5.41, 5.74) is -1.45. The van der Waals surface area contributed by atoms with Gasteiger partial charge in [0, 0.05) is 0 Å². The third-order valence-corrected chi connectivity index (χ3v) is 2.37. The highest BCUT2D eigenvalue weighted by Crippen LogP contribution is 2.42. The van der Waals surface area contributed by atoms with Gasteiger partial charge in [0.15, 0.2) is 0 Å². The minimum Gasteiger partial charge on any atom is -0.507 e. The molecule has 0 spiro atoms. The molecule has 1 aromatic carbocycles. The molecule has 0 aliphatic rings. The van der Waals surface area contributed by atoms with Crippen LogP contribution in [0.2, 0.25) is 0 Å². The molecule has 1 rings (SSSR count). The van der Waals surface area contributed by atoms with Crippen molar-refractivity contribution >= 4 is 15.9 Å². The maximum atomic E-state index is 12.2. The highest BCUT2D eigenvalue weighted by molar-refractivity contribution is 9.10. The summed E-state index contributed by atoms with van der Waals surface area (Å²) in [6, 6.07) is 0.421. The fraction of sp³-hybridized carbons (Fsp3) is 0.250. The Balaban J connectivity index is 3.26. The van der Waals surface area contributed by atoms with E-state index in [4.69, 9.17) is 5.11 Å². The first-order chi connectivity index (χ1) is 7.50. The zero-order valence-corrected chi connectivity index (χ0v) is 9.24. The number of halogens is 7. The molecule has 2 nitrogen and oxygen atoms in total. The molecule has 1 N–H and O–H groups in total. The Morgan fingerprint density at radius 1 is 1.06 bits per heavy atom. The van der Waals surface area contributed by atoms with E-state index in [2.05, 4.69) is 20.7 Å². The second-order valence-electron chi connectivity index (χ2n) is 2.85. The van der Waals surface area contributed by atoms with Gasteiger partial charge in [-0.15, -0.1) is 13.2 Å². The molecule has 17 heavy (non-hydrogen) atoms. The van der Waals surface area contributed by atoms with Crippen molar-refractivity contribution in [3.05, 3.63) is 22.2 Å². The molecule has 0 radical (unpaired) electrons. The van der Waals surface area contributed by atoms with Crippen molar-refractivity contribution in [2.45, 2.75) is 12.5 Å². The van der Waals surface area contributed by atoms with Crippen LogP contribution in [-0.2, 0) is 6.18 Å². The van der Waals surface area contributed by atoms with Crippen LogP contribution in [0.25, 0.3) is 0 Å². The molecule has 0 saturated heterocycles. The maximum Gasteiger partial charge on any atom is 0.573 e. The lowest BCUT2D eigenvalue weighted by Crippen LogP contribution is -2.18. The SMILES string of the molecule is Oc1cc(C(F)(F)F)cc(OC(F)(F)F)c1Br. The van der Waals surface area contributed by atoms with Crippen molar-refractivity contribution in [1.29, 1.82) is 0 Å². The molecule has 0 amide bonds. The van der Waals surface area contributed by atoms with E-state index in [1.165, 1.54) is 0 Å². The van der Waals surface area contributed by atoms with Crippen LogP contribution in [-0.4, -0.2) is 11.5 Å². The van der Waals surface area contributed by atoms with Crippen molar-refractivity contribution in [2.75, 3.05) is 0 Å². The summed E-state index contributed by atoms with van der Waals surface area (Å²) < 4.78 is 75.1. The van der Waals surface area contributed by atoms with Gasteiger partial charge in [0.2, 0.25) is 0 Å². The van der Waals surface area contributed by atoms with E-state index < -0.39 is 34.1 Å². The van der Waals surface area contributed by atoms with Crippen molar-refractivity contribution < 1.29 is 36.2 Å². The predicted octanol–water partition coefficient (Wildman–Crippen LogP) is 4.07. The summed E-state index contributed by atoms with van der Waals surface area (Å²) in [6.45, 7) is 0. The Kier molecular flexibility index (Phi) is 3.51. The first kappa shape index (κ1) is 13.9. The van der Waals surface area contributed by atoms with E-state index in [0.29, 0.717) is 0 Å². The summed E-state index contributed by atoms with van der Waals surface area (Å²) in [6.07, 6.45) is -10.0.